The van der Waals surface area contributed by atoms with Gasteiger partial charge in [-0.25, -0.2) is 9.78 Å². The molecule has 0 amide bonds. The topological polar surface area (TPSA) is 58.9 Å². The lowest BCUT2D eigenvalue weighted by atomic mass is 9.34. The molecule has 4 heteroatoms. The van der Waals surface area contributed by atoms with E-state index in [1.165, 1.54) is 6.42 Å². The Morgan fingerprint density at radius 3 is 1.41 bits per heavy atom. The summed E-state index contributed by atoms with van der Waals surface area (Å²) in [4.78, 5) is 9.64. The minimum Gasteiger partial charge on any atom is -0.251 e. The molecule has 0 aromatic carbocycles. The van der Waals surface area contributed by atoms with Crippen LogP contribution >= 0.6 is 0 Å². The zero-order valence-corrected chi connectivity index (χ0v) is 13.7. The third-order valence-corrected chi connectivity index (χ3v) is 6.54. The molecule has 0 heterocycles. The molecule has 4 saturated carbocycles. The molecule has 124 valence electrons. The third kappa shape index (κ3) is 2.12. The number of hydrogen-bond donors (Lipinski definition) is 2. The van der Waals surface area contributed by atoms with Crippen LogP contribution in [0.5, 0.6) is 0 Å². The highest BCUT2D eigenvalue weighted by molar-refractivity contribution is 5.21. The summed E-state index contributed by atoms with van der Waals surface area (Å²) in [5.41, 5.74) is 0.0508. The molecule has 2 N–H and O–H groups in total. The van der Waals surface area contributed by atoms with Crippen molar-refractivity contribution < 1.29 is 20.3 Å². The van der Waals surface area contributed by atoms with E-state index in [1.807, 2.05) is 0 Å². The summed E-state index contributed by atoms with van der Waals surface area (Å²) in [6.07, 6.45) is 8.79. The van der Waals surface area contributed by atoms with Gasteiger partial charge >= 0.3 is 0 Å². The van der Waals surface area contributed by atoms with Crippen molar-refractivity contribution in [3.63, 3.8) is 0 Å². The Bertz CT molecular complexity index is 429. The van der Waals surface area contributed by atoms with E-state index in [2.05, 4.69) is 27.0 Å². The largest absolute Gasteiger partial charge is 0.251 e. The Morgan fingerprint density at radius 2 is 1.14 bits per heavy atom. The van der Waals surface area contributed by atoms with Crippen molar-refractivity contribution in [2.24, 2.45) is 21.7 Å². The normalized spacial score (nSPS) is 48.9. The van der Waals surface area contributed by atoms with Gasteiger partial charge < -0.3 is 0 Å². The first kappa shape index (κ1) is 16.2. The van der Waals surface area contributed by atoms with Crippen LogP contribution < -0.4 is 0 Å². The third-order valence-electron chi connectivity index (χ3n) is 6.54. The molecule has 4 aliphatic rings. The molecule has 22 heavy (non-hydrogen) atoms. The van der Waals surface area contributed by atoms with Gasteiger partial charge in [-0.1, -0.05) is 26.0 Å². The van der Waals surface area contributed by atoms with Crippen molar-refractivity contribution in [1.29, 1.82) is 0 Å². The smallest absolute Gasteiger partial charge is 0.116 e. The summed E-state index contributed by atoms with van der Waals surface area (Å²) < 4.78 is 0. The van der Waals surface area contributed by atoms with Crippen LogP contribution in [0.3, 0.4) is 0 Å². The molecule has 0 saturated heterocycles. The lowest BCUT2D eigenvalue weighted by Crippen LogP contribution is -2.65. The van der Waals surface area contributed by atoms with Crippen molar-refractivity contribution in [1.82, 2.24) is 0 Å². The van der Waals surface area contributed by atoms with Crippen LogP contribution in [0, 0.1) is 21.7 Å². The minimum atomic E-state index is -0.379. The van der Waals surface area contributed by atoms with Gasteiger partial charge in [0, 0.05) is 10.8 Å². The summed E-state index contributed by atoms with van der Waals surface area (Å²) >= 11 is 0. The van der Waals surface area contributed by atoms with E-state index in [0.717, 1.165) is 32.1 Å². The first-order valence-electron chi connectivity index (χ1n) is 8.14. The van der Waals surface area contributed by atoms with E-state index in [0.29, 0.717) is 0 Å². The standard InChI is InChI=1S/C18H28O4/c1-5-13(21-19)17-8-15(3)7-16(4,9-17)11-18(10-15,12-17)14(6-2)22-20/h5-6,13-14,19-20H,1-2,7-12H2,3-4H3. The fraction of sp³-hybridized carbons (Fsp3) is 0.778. The number of rotatable bonds is 6. The van der Waals surface area contributed by atoms with Crippen LogP contribution in [0.4, 0.5) is 0 Å². The van der Waals surface area contributed by atoms with Crippen LogP contribution in [-0.4, -0.2) is 22.7 Å². The zero-order chi connectivity index (χ0) is 16.2. The predicted molar refractivity (Wildman–Crippen MR) is 84.2 cm³/mol. The molecule has 4 nitrogen and oxygen atoms in total. The van der Waals surface area contributed by atoms with Gasteiger partial charge in [0.25, 0.3) is 0 Å². The van der Waals surface area contributed by atoms with Gasteiger partial charge in [-0.2, -0.15) is 0 Å². The lowest BCUT2D eigenvalue weighted by Gasteiger charge is -2.71. The molecule has 0 aromatic heterocycles. The van der Waals surface area contributed by atoms with E-state index < -0.39 is 0 Å². The summed E-state index contributed by atoms with van der Waals surface area (Å²) in [6.45, 7) is 12.4. The molecule has 0 aromatic rings. The fourth-order valence-corrected chi connectivity index (χ4v) is 7.29. The second-order valence-corrected chi connectivity index (χ2v) is 8.93. The van der Waals surface area contributed by atoms with E-state index in [-0.39, 0.29) is 33.9 Å². The maximum absolute atomic E-state index is 9.42. The second-order valence-electron chi connectivity index (χ2n) is 8.93. The zero-order valence-electron chi connectivity index (χ0n) is 13.7. The van der Waals surface area contributed by atoms with E-state index in [4.69, 9.17) is 9.78 Å². The molecule has 0 spiro atoms. The monoisotopic (exact) mass is 308 g/mol. The molecular formula is C18H28O4. The molecule has 4 aliphatic carbocycles. The molecule has 0 radical (unpaired) electrons. The average Bonchev–Trinajstić information content (AvgIpc) is 2.36. The summed E-state index contributed by atoms with van der Waals surface area (Å²) in [5.74, 6) is 0. The van der Waals surface area contributed by atoms with Gasteiger partial charge in [-0.15, -0.1) is 13.2 Å². The maximum atomic E-state index is 9.42. The van der Waals surface area contributed by atoms with Crippen molar-refractivity contribution in [3.8, 4) is 0 Å². The first-order valence-corrected chi connectivity index (χ1v) is 8.14. The van der Waals surface area contributed by atoms with E-state index in [9.17, 15) is 10.5 Å². The predicted octanol–water partition coefficient (Wildman–Crippen LogP) is 4.44. The molecule has 2 unspecified atom stereocenters. The molecule has 4 bridgehead atoms. The maximum Gasteiger partial charge on any atom is 0.116 e. The van der Waals surface area contributed by atoms with Crippen LogP contribution in [0.15, 0.2) is 25.3 Å². The first-order chi connectivity index (χ1) is 10.3. The Kier molecular flexibility index (Phi) is 3.61. The molecule has 4 rings (SSSR count). The Balaban J connectivity index is 2.09. The highest BCUT2D eigenvalue weighted by Crippen LogP contribution is 2.75. The van der Waals surface area contributed by atoms with Crippen LogP contribution in [-0.2, 0) is 9.78 Å². The molecule has 4 fully saturated rings. The van der Waals surface area contributed by atoms with Gasteiger partial charge in [0.2, 0.25) is 0 Å². The Morgan fingerprint density at radius 1 is 0.773 bits per heavy atom. The van der Waals surface area contributed by atoms with Crippen molar-refractivity contribution in [3.05, 3.63) is 25.3 Å². The second kappa shape index (κ2) is 4.91. The molecule has 0 aliphatic heterocycles. The Labute approximate surface area is 132 Å². The molecular weight excluding hydrogens is 280 g/mol. The van der Waals surface area contributed by atoms with Gasteiger partial charge in [0.05, 0.1) is 0 Å². The van der Waals surface area contributed by atoms with Crippen molar-refractivity contribution in [2.45, 2.75) is 64.6 Å². The number of hydrogen-bond acceptors (Lipinski definition) is 4. The Hall–Kier alpha value is -0.680. The van der Waals surface area contributed by atoms with Crippen LogP contribution in [0.2, 0.25) is 0 Å². The van der Waals surface area contributed by atoms with Gasteiger partial charge in [0.1, 0.15) is 12.2 Å². The van der Waals surface area contributed by atoms with E-state index in [1.54, 1.807) is 12.2 Å². The quantitative estimate of drug-likeness (QED) is 0.432. The van der Waals surface area contributed by atoms with E-state index >= 15 is 0 Å². The summed E-state index contributed by atoms with van der Waals surface area (Å²) in [5, 5.41) is 18.8. The van der Waals surface area contributed by atoms with Gasteiger partial charge in [-0.3, -0.25) is 10.5 Å². The lowest BCUT2D eigenvalue weighted by molar-refractivity contribution is -0.350. The highest BCUT2D eigenvalue weighted by Gasteiger charge is 2.69. The SMILES string of the molecule is C=CC(OO)C12CC3(C)CC(C)(C1)CC(C(C=C)OO)(C3)C2. The van der Waals surface area contributed by atoms with Gasteiger partial charge in [0.15, 0.2) is 0 Å². The average molecular weight is 308 g/mol. The van der Waals surface area contributed by atoms with Crippen LogP contribution in [0.25, 0.3) is 0 Å². The minimum absolute atomic E-state index is 0.144. The summed E-state index contributed by atoms with van der Waals surface area (Å²) in [6, 6.07) is 0. The fourth-order valence-electron chi connectivity index (χ4n) is 7.29. The van der Waals surface area contributed by atoms with Crippen molar-refractivity contribution in [2.75, 3.05) is 0 Å². The van der Waals surface area contributed by atoms with Gasteiger partial charge in [-0.05, 0) is 49.4 Å². The summed E-state index contributed by atoms with van der Waals surface area (Å²) in [7, 11) is 0. The van der Waals surface area contributed by atoms with Crippen molar-refractivity contribution >= 4 is 0 Å². The van der Waals surface area contributed by atoms with Crippen LogP contribution in [0.1, 0.15) is 52.4 Å². The highest BCUT2D eigenvalue weighted by atomic mass is 17.1. The molecule has 2 atom stereocenters.